The number of nitrogens with two attached hydrogens (primary N) is 1. The lowest BCUT2D eigenvalue weighted by atomic mass is 9.93. The van der Waals surface area contributed by atoms with Crippen LogP contribution in [0.15, 0.2) is 18.2 Å². The van der Waals surface area contributed by atoms with E-state index in [1.165, 1.54) is 0 Å². The Labute approximate surface area is 114 Å². The van der Waals surface area contributed by atoms with Gasteiger partial charge in [0.1, 0.15) is 11.8 Å². The van der Waals surface area contributed by atoms with E-state index in [0.29, 0.717) is 12.3 Å². The van der Waals surface area contributed by atoms with Crippen LogP contribution in [0.1, 0.15) is 30.9 Å². The van der Waals surface area contributed by atoms with Crippen LogP contribution in [0.2, 0.25) is 0 Å². The van der Waals surface area contributed by atoms with E-state index in [2.05, 4.69) is 13.8 Å². The first-order chi connectivity index (χ1) is 7.95. The fourth-order valence-corrected chi connectivity index (χ4v) is 1.75. The second-order valence-corrected chi connectivity index (χ2v) is 4.37. The number of hydrogen-bond donors (Lipinski definition) is 2. The maximum Gasteiger partial charge on any atom is 0.320 e. The van der Waals surface area contributed by atoms with Crippen molar-refractivity contribution in [1.82, 2.24) is 0 Å². The van der Waals surface area contributed by atoms with Gasteiger partial charge in [-0.2, -0.15) is 0 Å². The van der Waals surface area contributed by atoms with E-state index in [1.807, 2.05) is 18.2 Å². The topological polar surface area (TPSA) is 72.5 Å². The fourth-order valence-electron chi connectivity index (χ4n) is 1.75. The van der Waals surface area contributed by atoms with Gasteiger partial charge in [0.05, 0.1) is 7.11 Å². The van der Waals surface area contributed by atoms with Crippen LogP contribution in [0, 0.1) is 0 Å². The lowest BCUT2D eigenvalue weighted by molar-refractivity contribution is -0.138. The van der Waals surface area contributed by atoms with Crippen LogP contribution in [0.3, 0.4) is 0 Å². The average molecular weight is 274 g/mol. The van der Waals surface area contributed by atoms with E-state index < -0.39 is 12.0 Å². The smallest absolute Gasteiger partial charge is 0.320 e. The highest BCUT2D eigenvalue weighted by Crippen LogP contribution is 2.25. The van der Waals surface area contributed by atoms with Gasteiger partial charge >= 0.3 is 5.97 Å². The van der Waals surface area contributed by atoms with Crippen LogP contribution in [-0.4, -0.2) is 24.2 Å². The normalized spacial score (nSPS) is 11.8. The molecule has 1 rings (SSSR count). The van der Waals surface area contributed by atoms with Gasteiger partial charge in [0.2, 0.25) is 0 Å². The lowest BCUT2D eigenvalue weighted by Crippen LogP contribution is -2.32. The Hall–Kier alpha value is -1.26. The van der Waals surface area contributed by atoms with Crippen LogP contribution in [-0.2, 0) is 11.2 Å². The van der Waals surface area contributed by atoms with Crippen molar-refractivity contribution in [2.24, 2.45) is 5.73 Å². The van der Waals surface area contributed by atoms with Crippen LogP contribution >= 0.6 is 12.4 Å². The summed E-state index contributed by atoms with van der Waals surface area (Å²) >= 11 is 0. The minimum atomic E-state index is -0.976. The van der Waals surface area contributed by atoms with Crippen molar-refractivity contribution in [1.29, 1.82) is 0 Å². The third kappa shape index (κ3) is 4.20. The molecule has 1 aromatic rings. The quantitative estimate of drug-likeness (QED) is 0.863. The van der Waals surface area contributed by atoms with Crippen LogP contribution in [0.4, 0.5) is 0 Å². The third-order valence-corrected chi connectivity index (χ3v) is 2.73. The van der Waals surface area contributed by atoms with Crippen LogP contribution in [0.5, 0.6) is 5.75 Å². The summed E-state index contributed by atoms with van der Waals surface area (Å²) in [7, 11) is 1.61. The highest BCUT2D eigenvalue weighted by molar-refractivity contribution is 5.85. The number of benzene rings is 1. The summed E-state index contributed by atoms with van der Waals surface area (Å²) in [6, 6.07) is 4.79. The van der Waals surface area contributed by atoms with Gasteiger partial charge in [-0.3, -0.25) is 4.79 Å². The highest BCUT2D eigenvalue weighted by Gasteiger charge is 2.16. The molecule has 102 valence electrons. The predicted octanol–water partition coefficient (Wildman–Crippen LogP) is 2.19. The van der Waals surface area contributed by atoms with Crippen molar-refractivity contribution in [2.45, 2.75) is 32.2 Å². The zero-order chi connectivity index (χ0) is 13.0. The molecule has 0 aromatic heterocycles. The standard InChI is InChI=1S/C13H19NO3.ClH/c1-8(2)11-7-10(17-3)5-4-9(11)6-12(14)13(15)16;/h4-5,7-8,12H,6,14H2,1-3H3,(H,15,16);1H/t12-;/m0./s1. The van der Waals surface area contributed by atoms with Crippen molar-refractivity contribution >= 4 is 18.4 Å². The van der Waals surface area contributed by atoms with Gasteiger partial charge in [0, 0.05) is 0 Å². The van der Waals surface area contributed by atoms with Gasteiger partial charge in [-0.05, 0) is 35.6 Å². The molecule has 1 atom stereocenters. The van der Waals surface area contributed by atoms with Crippen molar-refractivity contribution < 1.29 is 14.6 Å². The van der Waals surface area contributed by atoms with Gasteiger partial charge < -0.3 is 15.6 Å². The number of carbonyl (C=O) groups is 1. The number of hydrogen-bond acceptors (Lipinski definition) is 3. The summed E-state index contributed by atoms with van der Waals surface area (Å²) < 4.78 is 5.16. The van der Waals surface area contributed by atoms with Crippen molar-refractivity contribution in [2.75, 3.05) is 7.11 Å². The Morgan fingerprint density at radius 1 is 1.44 bits per heavy atom. The Balaban J connectivity index is 0.00000289. The molecule has 0 aliphatic carbocycles. The molecule has 18 heavy (non-hydrogen) atoms. The number of ether oxygens (including phenoxy) is 1. The Kier molecular flexibility index (Phi) is 6.73. The number of carboxylic acid groups (broad SMARTS) is 1. The van der Waals surface area contributed by atoms with Crippen LogP contribution < -0.4 is 10.5 Å². The van der Waals surface area contributed by atoms with Crippen LogP contribution in [0.25, 0.3) is 0 Å². The van der Waals surface area contributed by atoms with Crippen molar-refractivity contribution in [3.8, 4) is 5.75 Å². The maximum atomic E-state index is 10.8. The molecule has 0 heterocycles. The molecule has 0 saturated heterocycles. The molecule has 4 nitrogen and oxygen atoms in total. The molecular weight excluding hydrogens is 254 g/mol. The molecule has 0 bridgehead atoms. The minimum Gasteiger partial charge on any atom is -0.497 e. The number of methoxy groups -OCH3 is 1. The SMILES string of the molecule is COc1ccc(C[C@H](N)C(=O)O)c(C(C)C)c1.Cl. The average Bonchev–Trinajstić information content (AvgIpc) is 2.29. The molecule has 0 aliphatic heterocycles. The van der Waals surface area contributed by atoms with E-state index in [1.54, 1.807) is 7.11 Å². The monoisotopic (exact) mass is 273 g/mol. The Morgan fingerprint density at radius 2 is 2.06 bits per heavy atom. The van der Waals surface area contributed by atoms with Crippen molar-refractivity contribution in [3.63, 3.8) is 0 Å². The van der Waals surface area contributed by atoms with E-state index in [4.69, 9.17) is 15.6 Å². The molecule has 0 fully saturated rings. The molecule has 0 saturated carbocycles. The second kappa shape index (κ2) is 7.24. The minimum absolute atomic E-state index is 0. The summed E-state index contributed by atoms with van der Waals surface area (Å²) in [6.45, 7) is 4.12. The molecule has 3 N–H and O–H groups in total. The summed E-state index contributed by atoms with van der Waals surface area (Å²) in [5, 5.41) is 8.82. The van der Waals surface area contributed by atoms with Gasteiger partial charge in [-0.25, -0.2) is 0 Å². The van der Waals surface area contributed by atoms with Gasteiger partial charge in [0.25, 0.3) is 0 Å². The molecule has 0 amide bonds. The zero-order valence-corrected chi connectivity index (χ0v) is 11.7. The van der Waals surface area contributed by atoms with Gasteiger partial charge in [0.15, 0.2) is 0 Å². The second-order valence-electron chi connectivity index (χ2n) is 4.37. The lowest BCUT2D eigenvalue weighted by Gasteiger charge is -2.16. The third-order valence-electron chi connectivity index (χ3n) is 2.73. The van der Waals surface area contributed by atoms with E-state index in [0.717, 1.165) is 16.9 Å². The molecule has 1 aromatic carbocycles. The predicted molar refractivity (Wildman–Crippen MR) is 73.6 cm³/mol. The summed E-state index contributed by atoms with van der Waals surface area (Å²) in [5.74, 6) is 0.109. The number of carboxylic acids is 1. The largest absolute Gasteiger partial charge is 0.497 e. The summed E-state index contributed by atoms with van der Waals surface area (Å²) in [5.41, 5.74) is 7.61. The van der Waals surface area contributed by atoms with Crippen molar-refractivity contribution in [3.05, 3.63) is 29.3 Å². The number of halogens is 1. The summed E-state index contributed by atoms with van der Waals surface area (Å²) in [4.78, 5) is 10.8. The molecular formula is C13H20ClNO3. The first-order valence-electron chi connectivity index (χ1n) is 5.61. The molecule has 5 heteroatoms. The van der Waals surface area contributed by atoms with E-state index in [9.17, 15) is 4.79 Å². The highest BCUT2D eigenvalue weighted by atomic mass is 35.5. The molecule has 0 aliphatic rings. The molecule has 0 unspecified atom stereocenters. The first kappa shape index (κ1) is 16.7. The molecule has 0 radical (unpaired) electrons. The van der Waals surface area contributed by atoms with Gasteiger partial charge in [-0.15, -0.1) is 12.4 Å². The van der Waals surface area contributed by atoms with E-state index >= 15 is 0 Å². The van der Waals surface area contributed by atoms with E-state index in [-0.39, 0.29) is 12.4 Å². The van der Waals surface area contributed by atoms with Gasteiger partial charge in [-0.1, -0.05) is 19.9 Å². The first-order valence-corrected chi connectivity index (χ1v) is 5.61. The zero-order valence-electron chi connectivity index (χ0n) is 10.8. The molecule has 0 spiro atoms. The summed E-state index contributed by atoms with van der Waals surface area (Å²) in [6.07, 6.45) is 0.340. The number of aliphatic carboxylic acids is 1. The fraction of sp³-hybridized carbons (Fsp3) is 0.462. The number of rotatable bonds is 5. The Bertz CT molecular complexity index is 407. The maximum absolute atomic E-state index is 10.8. The Morgan fingerprint density at radius 3 is 2.50 bits per heavy atom.